The lowest BCUT2D eigenvalue weighted by atomic mass is 9.64. The van der Waals surface area contributed by atoms with E-state index >= 15 is 0 Å². The highest BCUT2D eigenvalue weighted by Gasteiger charge is 2.47. The minimum atomic E-state index is -0.428. The Morgan fingerprint density at radius 1 is 1.27 bits per heavy atom. The van der Waals surface area contributed by atoms with Crippen molar-refractivity contribution in [1.29, 1.82) is 0 Å². The van der Waals surface area contributed by atoms with Gasteiger partial charge in [-0.25, -0.2) is 0 Å². The first-order valence-corrected chi connectivity index (χ1v) is 6.44. The average molecular weight is 212 g/mol. The zero-order chi connectivity index (χ0) is 10.9. The standard InChI is InChI=1S/C13H24O2/c1-10(2)12-5-3-4-7-13(12,14)11-6-8-15-9-11/h10-12,14H,3-9H2,1-2H3. The summed E-state index contributed by atoms with van der Waals surface area (Å²) in [6.07, 6.45) is 5.73. The van der Waals surface area contributed by atoms with E-state index in [1.165, 1.54) is 19.3 Å². The summed E-state index contributed by atoms with van der Waals surface area (Å²) in [6, 6.07) is 0. The fourth-order valence-corrected chi connectivity index (χ4v) is 3.55. The zero-order valence-corrected chi connectivity index (χ0v) is 10.0. The van der Waals surface area contributed by atoms with Gasteiger partial charge in [-0.2, -0.15) is 0 Å². The van der Waals surface area contributed by atoms with E-state index in [0.717, 1.165) is 26.1 Å². The maximum Gasteiger partial charge on any atom is 0.0729 e. The molecule has 0 aromatic carbocycles. The minimum absolute atomic E-state index is 0.394. The van der Waals surface area contributed by atoms with Gasteiger partial charge in [0.1, 0.15) is 0 Å². The molecule has 3 atom stereocenters. The second kappa shape index (κ2) is 4.42. The first-order chi connectivity index (χ1) is 7.14. The summed E-state index contributed by atoms with van der Waals surface area (Å²) in [6.45, 7) is 6.12. The molecule has 2 rings (SSSR count). The highest BCUT2D eigenvalue weighted by atomic mass is 16.5. The molecular weight excluding hydrogens is 188 g/mol. The molecule has 1 aliphatic carbocycles. The molecule has 1 saturated heterocycles. The summed E-state index contributed by atoms with van der Waals surface area (Å²) < 4.78 is 5.44. The van der Waals surface area contributed by atoms with Crippen LogP contribution in [-0.4, -0.2) is 23.9 Å². The lowest BCUT2D eigenvalue weighted by molar-refractivity contribution is -0.110. The Hall–Kier alpha value is -0.0800. The summed E-state index contributed by atoms with van der Waals surface area (Å²) in [5, 5.41) is 10.9. The highest BCUT2D eigenvalue weighted by Crippen LogP contribution is 2.45. The normalized spacial score (nSPS) is 42.4. The van der Waals surface area contributed by atoms with Gasteiger partial charge in [0.25, 0.3) is 0 Å². The van der Waals surface area contributed by atoms with Crippen molar-refractivity contribution in [1.82, 2.24) is 0 Å². The largest absolute Gasteiger partial charge is 0.389 e. The minimum Gasteiger partial charge on any atom is -0.389 e. The van der Waals surface area contributed by atoms with E-state index in [2.05, 4.69) is 13.8 Å². The Bertz CT molecular complexity index is 209. The molecule has 2 aliphatic rings. The molecule has 1 N–H and O–H groups in total. The van der Waals surface area contributed by atoms with Crippen LogP contribution in [0.3, 0.4) is 0 Å². The van der Waals surface area contributed by atoms with E-state index in [1.807, 2.05) is 0 Å². The van der Waals surface area contributed by atoms with Gasteiger partial charge in [-0.1, -0.05) is 26.7 Å². The molecular formula is C13H24O2. The first-order valence-electron chi connectivity index (χ1n) is 6.44. The van der Waals surface area contributed by atoms with Crippen molar-refractivity contribution in [2.24, 2.45) is 17.8 Å². The molecule has 0 amide bonds. The van der Waals surface area contributed by atoms with E-state index in [9.17, 15) is 5.11 Å². The third-order valence-corrected chi connectivity index (χ3v) is 4.43. The van der Waals surface area contributed by atoms with Gasteiger partial charge in [-0.15, -0.1) is 0 Å². The van der Waals surface area contributed by atoms with Crippen molar-refractivity contribution >= 4 is 0 Å². The molecule has 3 unspecified atom stereocenters. The molecule has 2 fully saturated rings. The molecule has 1 heterocycles. The van der Waals surface area contributed by atoms with E-state index in [-0.39, 0.29) is 0 Å². The maximum atomic E-state index is 10.9. The van der Waals surface area contributed by atoms with Crippen molar-refractivity contribution < 1.29 is 9.84 Å². The topological polar surface area (TPSA) is 29.5 Å². The van der Waals surface area contributed by atoms with Gasteiger partial charge in [0.2, 0.25) is 0 Å². The first kappa shape index (κ1) is 11.4. The van der Waals surface area contributed by atoms with Crippen LogP contribution in [0.2, 0.25) is 0 Å². The van der Waals surface area contributed by atoms with E-state index in [4.69, 9.17) is 4.74 Å². The number of ether oxygens (including phenoxy) is 1. The molecule has 88 valence electrons. The van der Waals surface area contributed by atoms with Gasteiger partial charge in [0.05, 0.1) is 12.2 Å². The van der Waals surface area contributed by atoms with Gasteiger partial charge in [0, 0.05) is 12.5 Å². The predicted octanol–water partition coefficient (Wildman–Crippen LogP) is 2.60. The van der Waals surface area contributed by atoms with Crippen molar-refractivity contribution in [3.05, 3.63) is 0 Å². The fraction of sp³-hybridized carbons (Fsp3) is 1.00. The molecule has 2 heteroatoms. The van der Waals surface area contributed by atoms with Gasteiger partial charge >= 0.3 is 0 Å². The van der Waals surface area contributed by atoms with E-state index in [1.54, 1.807) is 0 Å². The summed E-state index contributed by atoms with van der Waals surface area (Å²) in [5.74, 6) is 1.47. The van der Waals surface area contributed by atoms with Crippen LogP contribution in [-0.2, 0) is 4.74 Å². The Balaban J connectivity index is 2.13. The van der Waals surface area contributed by atoms with Crippen molar-refractivity contribution in [2.75, 3.05) is 13.2 Å². The van der Waals surface area contributed by atoms with Gasteiger partial charge in [-0.05, 0) is 31.1 Å². The van der Waals surface area contributed by atoms with Crippen LogP contribution in [0.5, 0.6) is 0 Å². The smallest absolute Gasteiger partial charge is 0.0729 e. The molecule has 1 saturated carbocycles. The van der Waals surface area contributed by atoms with Crippen molar-refractivity contribution in [2.45, 2.75) is 51.6 Å². The third kappa shape index (κ3) is 2.07. The van der Waals surface area contributed by atoms with Crippen molar-refractivity contribution in [3.8, 4) is 0 Å². The summed E-state index contributed by atoms with van der Waals surface area (Å²) in [5.41, 5.74) is -0.428. The van der Waals surface area contributed by atoms with E-state index in [0.29, 0.717) is 17.8 Å². The number of rotatable bonds is 2. The molecule has 0 aromatic rings. The zero-order valence-electron chi connectivity index (χ0n) is 10.0. The maximum absolute atomic E-state index is 10.9. The van der Waals surface area contributed by atoms with Crippen LogP contribution in [0.1, 0.15) is 46.0 Å². The van der Waals surface area contributed by atoms with Gasteiger partial charge in [0.15, 0.2) is 0 Å². The molecule has 0 bridgehead atoms. The lowest BCUT2D eigenvalue weighted by Gasteiger charge is -2.45. The second-order valence-corrected chi connectivity index (χ2v) is 5.65. The molecule has 2 nitrogen and oxygen atoms in total. The van der Waals surface area contributed by atoms with E-state index < -0.39 is 5.60 Å². The van der Waals surface area contributed by atoms with Crippen LogP contribution in [0.15, 0.2) is 0 Å². The highest BCUT2D eigenvalue weighted by molar-refractivity contribution is 4.97. The SMILES string of the molecule is CC(C)C1CCCCC1(O)C1CCOC1. The van der Waals surface area contributed by atoms with Gasteiger partial charge in [-0.3, -0.25) is 0 Å². The second-order valence-electron chi connectivity index (χ2n) is 5.65. The summed E-state index contributed by atoms with van der Waals surface area (Å²) in [4.78, 5) is 0. The molecule has 0 aromatic heterocycles. The quantitative estimate of drug-likeness (QED) is 0.762. The Kier molecular flexibility index (Phi) is 3.36. The monoisotopic (exact) mass is 212 g/mol. The Labute approximate surface area is 93.0 Å². The van der Waals surface area contributed by atoms with Crippen LogP contribution < -0.4 is 0 Å². The average Bonchev–Trinajstić information content (AvgIpc) is 2.71. The summed E-state index contributed by atoms with van der Waals surface area (Å²) in [7, 11) is 0. The number of hydrogen-bond acceptors (Lipinski definition) is 2. The fourth-order valence-electron chi connectivity index (χ4n) is 3.55. The third-order valence-electron chi connectivity index (χ3n) is 4.43. The Morgan fingerprint density at radius 3 is 2.67 bits per heavy atom. The van der Waals surface area contributed by atoms with Crippen LogP contribution in [0.25, 0.3) is 0 Å². The van der Waals surface area contributed by atoms with Gasteiger partial charge < -0.3 is 9.84 Å². The van der Waals surface area contributed by atoms with Crippen LogP contribution in [0.4, 0.5) is 0 Å². The Morgan fingerprint density at radius 2 is 2.07 bits per heavy atom. The predicted molar refractivity (Wildman–Crippen MR) is 60.7 cm³/mol. The molecule has 1 aliphatic heterocycles. The lowest BCUT2D eigenvalue weighted by Crippen LogP contribution is -2.49. The van der Waals surface area contributed by atoms with Crippen molar-refractivity contribution in [3.63, 3.8) is 0 Å². The molecule has 15 heavy (non-hydrogen) atoms. The summed E-state index contributed by atoms with van der Waals surface area (Å²) >= 11 is 0. The number of hydrogen-bond donors (Lipinski definition) is 1. The van der Waals surface area contributed by atoms with Crippen LogP contribution >= 0.6 is 0 Å². The molecule has 0 radical (unpaired) electrons. The number of aliphatic hydroxyl groups is 1. The molecule has 0 spiro atoms. The van der Waals surface area contributed by atoms with Crippen LogP contribution in [0, 0.1) is 17.8 Å².